The summed E-state index contributed by atoms with van der Waals surface area (Å²) < 4.78 is 1.71. The Kier molecular flexibility index (Phi) is 5.45. The van der Waals surface area contributed by atoms with Gasteiger partial charge in [0.2, 0.25) is 0 Å². The van der Waals surface area contributed by atoms with Crippen molar-refractivity contribution >= 4 is 11.5 Å². The van der Waals surface area contributed by atoms with Crippen LogP contribution in [0.25, 0.3) is 16.9 Å². The van der Waals surface area contributed by atoms with Crippen LogP contribution < -0.4 is 5.56 Å². The fourth-order valence-electron chi connectivity index (χ4n) is 4.75. The van der Waals surface area contributed by atoms with Gasteiger partial charge < -0.3 is 10.1 Å². The zero-order valence-electron chi connectivity index (χ0n) is 18.6. The lowest BCUT2D eigenvalue weighted by Crippen LogP contribution is -2.26. The van der Waals surface area contributed by atoms with E-state index in [1.54, 1.807) is 16.6 Å². The van der Waals surface area contributed by atoms with Crippen molar-refractivity contribution in [2.45, 2.75) is 65.7 Å². The lowest BCUT2D eigenvalue weighted by Gasteiger charge is -2.36. The number of benzene rings is 1. The number of rotatable bonds is 4. The molecule has 1 saturated carbocycles. The predicted molar refractivity (Wildman–Crippen MR) is 120 cm³/mol. The molecule has 1 fully saturated rings. The third-order valence-electron chi connectivity index (χ3n) is 6.63. The molecule has 0 saturated heterocycles. The van der Waals surface area contributed by atoms with Gasteiger partial charge in [-0.1, -0.05) is 39.8 Å². The molecule has 164 valence electrons. The van der Waals surface area contributed by atoms with Gasteiger partial charge in [0.15, 0.2) is 11.3 Å². The van der Waals surface area contributed by atoms with Crippen LogP contribution in [0.5, 0.6) is 0 Å². The Bertz CT molecular complexity index is 1180. The van der Waals surface area contributed by atoms with Gasteiger partial charge in [0, 0.05) is 11.5 Å². The van der Waals surface area contributed by atoms with E-state index >= 15 is 0 Å². The normalized spacial score (nSPS) is 19.6. The van der Waals surface area contributed by atoms with E-state index in [4.69, 9.17) is 10.1 Å². The summed E-state index contributed by atoms with van der Waals surface area (Å²) >= 11 is 0. The van der Waals surface area contributed by atoms with Gasteiger partial charge >= 0.3 is 5.97 Å². The molecule has 0 amide bonds. The van der Waals surface area contributed by atoms with Gasteiger partial charge in [0.1, 0.15) is 5.82 Å². The maximum Gasteiger partial charge on any atom is 0.335 e. The van der Waals surface area contributed by atoms with E-state index in [0.29, 0.717) is 34.7 Å². The first-order valence-electron chi connectivity index (χ1n) is 11.0. The third-order valence-corrected chi connectivity index (χ3v) is 6.63. The van der Waals surface area contributed by atoms with Crippen LogP contribution in [0.15, 0.2) is 29.1 Å². The molecule has 0 atom stereocenters. The Morgan fingerprint density at radius 2 is 1.94 bits per heavy atom. The van der Waals surface area contributed by atoms with E-state index in [1.807, 2.05) is 6.92 Å². The number of aromatic carboxylic acids is 1. The summed E-state index contributed by atoms with van der Waals surface area (Å²) in [6.07, 6.45) is 4.99. The summed E-state index contributed by atoms with van der Waals surface area (Å²) in [5.74, 6) is 1.13. The Labute approximate surface area is 181 Å². The van der Waals surface area contributed by atoms with Crippen molar-refractivity contribution in [3.05, 3.63) is 51.7 Å². The third kappa shape index (κ3) is 4.01. The van der Waals surface area contributed by atoms with Crippen molar-refractivity contribution in [3.8, 4) is 11.4 Å². The molecule has 2 heterocycles. The molecule has 1 aliphatic rings. The Hall–Kier alpha value is -2.96. The Balaban J connectivity index is 1.78. The molecule has 0 spiro atoms. The lowest BCUT2D eigenvalue weighted by atomic mass is 9.70. The predicted octanol–water partition coefficient (Wildman–Crippen LogP) is 4.67. The summed E-state index contributed by atoms with van der Waals surface area (Å²) in [6.45, 7) is 8.90. The van der Waals surface area contributed by atoms with E-state index in [-0.39, 0.29) is 17.0 Å². The average Bonchev–Trinajstić information content (AvgIpc) is 3.12. The van der Waals surface area contributed by atoms with Gasteiger partial charge in [0.05, 0.1) is 11.3 Å². The van der Waals surface area contributed by atoms with Crippen LogP contribution >= 0.6 is 0 Å². The number of aromatic nitrogens is 4. The number of carbonyl (C=O) groups is 1. The summed E-state index contributed by atoms with van der Waals surface area (Å²) in [5, 5.41) is 14.0. The van der Waals surface area contributed by atoms with E-state index in [1.165, 1.54) is 12.1 Å². The molecular weight excluding hydrogens is 392 g/mol. The highest BCUT2D eigenvalue weighted by Crippen LogP contribution is 2.43. The van der Waals surface area contributed by atoms with Gasteiger partial charge in [-0.05, 0) is 55.6 Å². The first kappa shape index (κ1) is 21.3. The molecule has 7 nitrogen and oxygen atoms in total. The van der Waals surface area contributed by atoms with Crippen molar-refractivity contribution in [1.29, 1.82) is 0 Å². The van der Waals surface area contributed by atoms with Crippen LogP contribution in [0, 0.1) is 11.3 Å². The summed E-state index contributed by atoms with van der Waals surface area (Å²) in [5.41, 5.74) is 2.02. The van der Waals surface area contributed by atoms with Crippen molar-refractivity contribution in [3.63, 3.8) is 0 Å². The van der Waals surface area contributed by atoms with Crippen LogP contribution in [0.4, 0.5) is 0 Å². The van der Waals surface area contributed by atoms with Crippen molar-refractivity contribution in [1.82, 2.24) is 19.6 Å². The first-order valence-corrected chi connectivity index (χ1v) is 11.0. The molecular formula is C24H30N4O3. The van der Waals surface area contributed by atoms with Gasteiger partial charge in [-0.2, -0.15) is 0 Å². The topological polar surface area (TPSA) is 100 Å². The maximum atomic E-state index is 13.0. The zero-order valence-corrected chi connectivity index (χ0v) is 18.6. The van der Waals surface area contributed by atoms with Crippen LogP contribution in [0.3, 0.4) is 0 Å². The maximum absolute atomic E-state index is 13.0. The fourth-order valence-corrected chi connectivity index (χ4v) is 4.75. The molecule has 2 aromatic heterocycles. The smallest absolute Gasteiger partial charge is 0.335 e. The molecule has 0 aliphatic heterocycles. The Morgan fingerprint density at radius 1 is 1.23 bits per heavy atom. The van der Waals surface area contributed by atoms with Crippen LogP contribution in [-0.2, 0) is 6.42 Å². The molecule has 0 radical (unpaired) electrons. The molecule has 0 unspecified atom stereocenters. The number of imidazole rings is 1. The number of H-pyrrole nitrogens is 1. The molecule has 1 aliphatic carbocycles. The second kappa shape index (κ2) is 7.94. The summed E-state index contributed by atoms with van der Waals surface area (Å²) in [4.78, 5) is 32.0. The van der Waals surface area contributed by atoms with E-state index in [2.05, 4.69) is 25.8 Å². The monoisotopic (exact) mass is 422 g/mol. The van der Waals surface area contributed by atoms with Gasteiger partial charge in [-0.3, -0.25) is 4.79 Å². The zero-order chi connectivity index (χ0) is 22.3. The number of hydrogen-bond acceptors (Lipinski definition) is 4. The molecule has 7 heteroatoms. The van der Waals surface area contributed by atoms with Crippen molar-refractivity contribution < 1.29 is 9.90 Å². The largest absolute Gasteiger partial charge is 0.478 e. The molecule has 3 aromatic rings. The lowest BCUT2D eigenvalue weighted by molar-refractivity contribution is 0.0697. The van der Waals surface area contributed by atoms with Crippen LogP contribution in [0.1, 0.15) is 81.2 Å². The van der Waals surface area contributed by atoms with Crippen LogP contribution in [-0.4, -0.2) is 30.7 Å². The number of hydrogen-bond donors (Lipinski definition) is 2. The second-order valence-electron chi connectivity index (χ2n) is 9.63. The molecule has 1 aromatic carbocycles. The van der Waals surface area contributed by atoms with E-state index < -0.39 is 5.97 Å². The van der Waals surface area contributed by atoms with E-state index in [0.717, 1.165) is 37.2 Å². The number of nitrogens with zero attached hydrogens (tertiary/aromatic N) is 3. The summed E-state index contributed by atoms with van der Waals surface area (Å²) in [7, 11) is 0. The number of carboxylic acid groups (broad SMARTS) is 1. The SMILES string of the molecule is CCc1nc(C2CCC(C(C)(C)C)CC2)n2nc(-c3cccc(C(=O)O)c3)[nH]c(=O)c12. The molecule has 31 heavy (non-hydrogen) atoms. The van der Waals surface area contributed by atoms with Gasteiger partial charge in [-0.15, -0.1) is 5.10 Å². The quantitative estimate of drug-likeness (QED) is 0.637. The first-order chi connectivity index (χ1) is 14.7. The van der Waals surface area contributed by atoms with Crippen molar-refractivity contribution in [2.75, 3.05) is 0 Å². The number of nitrogens with one attached hydrogen (secondary N) is 1. The minimum atomic E-state index is -1.02. The summed E-state index contributed by atoms with van der Waals surface area (Å²) in [6, 6.07) is 6.46. The number of fused-ring (bicyclic) bond motifs is 1. The highest BCUT2D eigenvalue weighted by molar-refractivity contribution is 5.89. The standard InChI is InChI=1S/C24H30N4O3/c1-5-18-19-22(29)26-20(15-7-6-8-16(13-15)23(30)31)27-28(19)21(25-18)14-9-11-17(12-10-14)24(2,3)4/h6-8,13-14,17H,5,9-12H2,1-4H3,(H,30,31)(H,26,27,29). The highest BCUT2D eigenvalue weighted by atomic mass is 16.4. The van der Waals surface area contributed by atoms with E-state index in [9.17, 15) is 14.7 Å². The van der Waals surface area contributed by atoms with Gasteiger partial charge in [0.25, 0.3) is 5.56 Å². The minimum Gasteiger partial charge on any atom is -0.478 e. The fraction of sp³-hybridized carbons (Fsp3) is 0.500. The molecule has 4 rings (SSSR count). The molecule has 2 N–H and O–H groups in total. The number of carboxylic acids is 1. The highest BCUT2D eigenvalue weighted by Gasteiger charge is 2.32. The average molecular weight is 423 g/mol. The number of aryl methyl sites for hydroxylation is 1. The Morgan fingerprint density at radius 3 is 2.55 bits per heavy atom. The minimum absolute atomic E-state index is 0.154. The van der Waals surface area contributed by atoms with Crippen molar-refractivity contribution in [2.24, 2.45) is 11.3 Å². The van der Waals surface area contributed by atoms with Crippen LogP contribution in [0.2, 0.25) is 0 Å². The van der Waals surface area contributed by atoms with Gasteiger partial charge in [-0.25, -0.2) is 14.3 Å². The number of aromatic amines is 1. The molecule has 0 bridgehead atoms. The second-order valence-corrected chi connectivity index (χ2v) is 9.63.